The molecule has 1 fully saturated rings. The molecule has 0 saturated carbocycles. The second kappa shape index (κ2) is 8.44. The largest absolute Gasteiger partial charge is 0.507 e. The van der Waals surface area contributed by atoms with Gasteiger partial charge < -0.3 is 19.5 Å². The lowest BCUT2D eigenvalue weighted by molar-refractivity contribution is 0.171. The van der Waals surface area contributed by atoms with Crippen molar-refractivity contribution < 1.29 is 14.6 Å². The molecule has 5 nitrogen and oxygen atoms in total. The van der Waals surface area contributed by atoms with Crippen LogP contribution in [-0.4, -0.2) is 55.9 Å². The van der Waals surface area contributed by atoms with E-state index in [0.29, 0.717) is 19.0 Å². The maximum Gasteiger partial charge on any atom is 0.184 e. The van der Waals surface area contributed by atoms with Crippen molar-refractivity contribution in [2.24, 2.45) is 0 Å². The van der Waals surface area contributed by atoms with E-state index in [1.165, 1.54) is 0 Å². The summed E-state index contributed by atoms with van der Waals surface area (Å²) in [6.45, 7) is 5.79. The molecule has 1 N–H and O–H groups in total. The molecule has 2 aromatic carbocycles. The molecule has 5 heteroatoms. The van der Waals surface area contributed by atoms with Crippen molar-refractivity contribution in [3.05, 3.63) is 71.5 Å². The molecule has 0 unspecified atom stereocenters. The van der Waals surface area contributed by atoms with Crippen molar-refractivity contribution in [3.63, 3.8) is 0 Å². The smallest absolute Gasteiger partial charge is 0.184 e. The van der Waals surface area contributed by atoms with Crippen LogP contribution in [0.3, 0.4) is 0 Å². The molecule has 2 heterocycles. The summed E-state index contributed by atoms with van der Waals surface area (Å²) in [4.78, 5) is 4.81. The molecule has 1 aliphatic carbocycles. The van der Waals surface area contributed by atoms with Crippen LogP contribution in [0, 0.1) is 0 Å². The van der Waals surface area contributed by atoms with E-state index in [-0.39, 0.29) is 0 Å². The van der Waals surface area contributed by atoms with Gasteiger partial charge in [-0.25, -0.2) is 0 Å². The SMILES string of the molecule is OC1=C(c2ccccc2)CCC=C1CN1CCN(c2cccc3c2OCCO3)CC1. The van der Waals surface area contributed by atoms with Crippen molar-refractivity contribution in [2.75, 3.05) is 50.8 Å². The number of rotatable bonds is 4. The summed E-state index contributed by atoms with van der Waals surface area (Å²) in [6.07, 6.45) is 4.08. The Morgan fingerprint density at radius 2 is 1.67 bits per heavy atom. The average Bonchev–Trinajstić information content (AvgIpc) is 2.81. The number of piperazine rings is 1. The Morgan fingerprint density at radius 3 is 2.50 bits per heavy atom. The van der Waals surface area contributed by atoms with Crippen LogP contribution < -0.4 is 14.4 Å². The highest BCUT2D eigenvalue weighted by Crippen LogP contribution is 2.40. The Balaban J connectivity index is 1.25. The van der Waals surface area contributed by atoms with Crippen LogP contribution in [0.4, 0.5) is 5.69 Å². The number of para-hydroxylation sites is 1. The van der Waals surface area contributed by atoms with Crippen LogP contribution in [0.25, 0.3) is 5.57 Å². The third-order valence-corrected chi connectivity index (χ3v) is 6.15. The highest BCUT2D eigenvalue weighted by Gasteiger charge is 2.25. The van der Waals surface area contributed by atoms with E-state index in [4.69, 9.17) is 9.47 Å². The minimum atomic E-state index is 0.470. The van der Waals surface area contributed by atoms with Gasteiger partial charge in [-0.2, -0.15) is 0 Å². The fraction of sp³-hybridized carbons (Fsp3) is 0.360. The predicted molar refractivity (Wildman–Crippen MR) is 119 cm³/mol. The first kappa shape index (κ1) is 19.1. The lowest BCUT2D eigenvalue weighted by Gasteiger charge is -2.38. The van der Waals surface area contributed by atoms with Gasteiger partial charge in [0.15, 0.2) is 11.5 Å². The highest BCUT2D eigenvalue weighted by molar-refractivity contribution is 5.72. The van der Waals surface area contributed by atoms with Crippen LogP contribution in [0.2, 0.25) is 0 Å². The Kier molecular flexibility index (Phi) is 5.37. The maximum atomic E-state index is 10.9. The molecule has 0 bridgehead atoms. The molecular formula is C25H28N2O3. The standard InChI is InChI=1S/C25H28N2O3/c28-24-20(8-4-9-21(24)19-6-2-1-3-7-19)18-26-12-14-27(15-13-26)22-10-5-11-23-25(22)30-17-16-29-23/h1-3,5-8,10-11,28H,4,9,12-18H2. The monoisotopic (exact) mass is 404 g/mol. The van der Waals surface area contributed by atoms with Crippen LogP contribution in [0.15, 0.2) is 65.9 Å². The molecule has 2 aliphatic heterocycles. The first-order chi connectivity index (χ1) is 14.8. The summed E-state index contributed by atoms with van der Waals surface area (Å²) in [7, 11) is 0. The van der Waals surface area contributed by atoms with E-state index in [9.17, 15) is 5.11 Å². The molecule has 0 radical (unpaired) electrons. The normalized spacial score (nSPS) is 19.6. The Bertz CT molecular complexity index is 960. The minimum absolute atomic E-state index is 0.470. The van der Waals surface area contributed by atoms with Gasteiger partial charge in [0.1, 0.15) is 19.0 Å². The molecule has 5 rings (SSSR count). The van der Waals surface area contributed by atoms with E-state index in [1.807, 2.05) is 30.3 Å². The number of benzene rings is 2. The van der Waals surface area contributed by atoms with Gasteiger partial charge in [0.25, 0.3) is 0 Å². The minimum Gasteiger partial charge on any atom is -0.507 e. The zero-order valence-corrected chi connectivity index (χ0v) is 17.2. The van der Waals surface area contributed by atoms with Crippen LogP contribution in [-0.2, 0) is 0 Å². The van der Waals surface area contributed by atoms with Crippen molar-refractivity contribution in [1.82, 2.24) is 4.90 Å². The van der Waals surface area contributed by atoms with Gasteiger partial charge in [-0.3, -0.25) is 4.90 Å². The van der Waals surface area contributed by atoms with E-state index < -0.39 is 0 Å². The number of aliphatic hydroxyl groups is 1. The number of hydrogen-bond acceptors (Lipinski definition) is 5. The third-order valence-electron chi connectivity index (χ3n) is 6.15. The fourth-order valence-electron chi connectivity index (χ4n) is 4.55. The molecule has 0 aromatic heterocycles. The number of anilines is 1. The summed E-state index contributed by atoms with van der Waals surface area (Å²) >= 11 is 0. The van der Waals surface area contributed by atoms with Crippen molar-refractivity contribution in [3.8, 4) is 11.5 Å². The van der Waals surface area contributed by atoms with E-state index >= 15 is 0 Å². The Hall–Kier alpha value is -2.92. The van der Waals surface area contributed by atoms with Crippen molar-refractivity contribution in [2.45, 2.75) is 12.8 Å². The van der Waals surface area contributed by atoms with Crippen LogP contribution >= 0.6 is 0 Å². The summed E-state index contributed by atoms with van der Waals surface area (Å²) in [5.74, 6) is 2.19. The second-order valence-electron chi connectivity index (χ2n) is 8.03. The number of nitrogens with zero attached hydrogens (tertiary/aromatic N) is 2. The molecule has 0 atom stereocenters. The highest BCUT2D eigenvalue weighted by atomic mass is 16.6. The number of aliphatic hydroxyl groups excluding tert-OH is 1. The molecule has 3 aliphatic rings. The topological polar surface area (TPSA) is 45.2 Å². The van der Waals surface area contributed by atoms with Crippen molar-refractivity contribution >= 4 is 11.3 Å². The van der Waals surface area contributed by atoms with Gasteiger partial charge in [0.2, 0.25) is 0 Å². The lowest BCUT2D eigenvalue weighted by Crippen LogP contribution is -2.47. The number of fused-ring (bicyclic) bond motifs is 1. The first-order valence-corrected chi connectivity index (χ1v) is 10.8. The summed E-state index contributed by atoms with van der Waals surface area (Å²) in [5.41, 5.74) is 4.38. The first-order valence-electron chi connectivity index (χ1n) is 10.8. The second-order valence-corrected chi connectivity index (χ2v) is 8.03. The third kappa shape index (κ3) is 3.77. The average molecular weight is 405 g/mol. The molecular weight excluding hydrogens is 376 g/mol. The predicted octanol–water partition coefficient (Wildman–Crippen LogP) is 4.27. The van der Waals surface area contributed by atoms with Crippen molar-refractivity contribution in [1.29, 1.82) is 0 Å². The molecule has 156 valence electrons. The molecule has 30 heavy (non-hydrogen) atoms. The Morgan fingerprint density at radius 1 is 0.867 bits per heavy atom. The quantitative estimate of drug-likeness (QED) is 0.825. The number of allylic oxidation sites excluding steroid dienone is 2. The van der Waals surface area contributed by atoms with Gasteiger partial charge >= 0.3 is 0 Å². The van der Waals surface area contributed by atoms with E-state index in [0.717, 1.165) is 79.5 Å². The number of hydrogen-bond donors (Lipinski definition) is 1. The van der Waals surface area contributed by atoms with Gasteiger partial charge in [0, 0.05) is 43.9 Å². The van der Waals surface area contributed by atoms with Crippen LogP contribution in [0.1, 0.15) is 18.4 Å². The molecule has 1 saturated heterocycles. The Labute approximate surface area is 177 Å². The molecule has 2 aromatic rings. The summed E-state index contributed by atoms with van der Waals surface area (Å²) in [5, 5.41) is 10.9. The van der Waals surface area contributed by atoms with Crippen LogP contribution in [0.5, 0.6) is 11.5 Å². The zero-order chi connectivity index (χ0) is 20.3. The lowest BCUT2D eigenvalue weighted by atomic mass is 9.91. The number of ether oxygens (including phenoxy) is 2. The van der Waals surface area contributed by atoms with Gasteiger partial charge in [0.05, 0.1) is 5.69 Å². The summed E-state index contributed by atoms with van der Waals surface area (Å²) < 4.78 is 11.6. The fourth-order valence-corrected chi connectivity index (χ4v) is 4.55. The van der Waals surface area contributed by atoms with E-state index in [2.05, 4.69) is 34.1 Å². The van der Waals surface area contributed by atoms with Gasteiger partial charge in [-0.1, -0.05) is 42.5 Å². The van der Waals surface area contributed by atoms with E-state index in [1.54, 1.807) is 0 Å². The molecule has 0 spiro atoms. The molecule has 0 amide bonds. The van der Waals surface area contributed by atoms with Gasteiger partial charge in [-0.05, 0) is 30.5 Å². The van der Waals surface area contributed by atoms with Gasteiger partial charge in [-0.15, -0.1) is 0 Å². The summed E-state index contributed by atoms with van der Waals surface area (Å²) in [6, 6.07) is 16.4. The maximum absolute atomic E-state index is 10.9. The zero-order valence-electron chi connectivity index (χ0n) is 17.2.